The number of carbonyl (C=O) groups is 3. The van der Waals surface area contributed by atoms with Crippen LogP contribution in [0.15, 0.2) is 12.7 Å². The molecule has 0 unspecified atom stereocenters. The number of amides is 1. The van der Waals surface area contributed by atoms with Gasteiger partial charge in [-0.1, -0.05) is 6.08 Å². The molecule has 7 nitrogen and oxygen atoms in total. The quantitative estimate of drug-likeness (QED) is 0.394. The molecule has 166 valence electrons. The summed E-state index contributed by atoms with van der Waals surface area (Å²) in [6.45, 7) is 19.9. The van der Waals surface area contributed by atoms with Crippen molar-refractivity contribution in [2.24, 2.45) is 11.8 Å². The van der Waals surface area contributed by atoms with E-state index in [9.17, 15) is 14.4 Å². The van der Waals surface area contributed by atoms with Gasteiger partial charge in [0.05, 0.1) is 6.42 Å². The van der Waals surface area contributed by atoms with Crippen LogP contribution in [0, 0.1) is 11.8 Å². The zero-order chi connectivity index (χ0) is 22.8. The van der Waals surface area contributed by atoms with Crippen molar-refractivity contribution < 1.29 is 28.6 Å². The van der Waals surface area contributed by atoms with Crippen LogP contribution in [0.25, 0.3) is 0 Å². The Kier molecular flexibility index (Phi) is 7.55. The SMILES string of the molecule is C=C[C@H]1CN(C(=O)OC(C)(C)C)[C@H](C(=O)OC(C)(C)C)[C@H]1CC(=O)OC(C)(C)C. The van der Waals surface area contributed by atoms with E-state index in [0.29, 0.717) is 0 Å². The van der Waals surface area contributed by atoms with Gasteiger partial charge >= 0.3 is 18.0 Å². The van der Waals surface area contributed by atoms with Gasteiger partial charge in [0.1, 0.15) is 22.8 Å². The number of rotatable bonds is 4. The first-order chi connectivity index (χ1) is 12.9. The van der Waals surface area contributed by atoms with E-state index in [1.807, 2.05) is 0 Å². The minimum absolute atomic E-state index is 0.0306. The minimum atomic E-state index is -0.959. The fourth-order valence-electron chi connectivity index (χ4n) is 3.20. The van der Waals surface area contributed by atoms with E-state index < -0.39 is 46.8 Å². The molecule has 0 aromatic rings. The summed E-state index contributed by atoms with van der Waals surface area (Å²) in [5.74, 6) is -1.78. The standard InChI is InChI=1S/C22H37NO6/c1-11-14-13-23(19(26)29-22(8,9)10)17(18(25)28-21(5,6)7)15(14)12-16(24)27-20(2,3)4/h11,14-15,17H,1,12-13H2,2-10H3/t14-,15-,17-/m0/s1. The molecule has 1 saturated heterocycles. The summed E-state index contributed by atoms with van der Waals surface area (Å²) in [7, 11) is 0. The number of likely N-dealkylation sites (tertiary alicyclic amines) is 1. The van der Waals surface area contributed by atoms with Crippen molar-refractivity contribution >= 4 is 18.0 Å². The molecule has 1 heterocycles. The lowest BCUT2D eigenvalue weighted by Gasteiger charge is -2.31. The molecule has 1 aliphatic heterocycles. The zero-order valence-corrected chi connectivity index (χ0v) is 19.3. The molecule has 0 radical (unpaired) electrons. The fraction of sp³-hybridized carbons (Fsp3) is 0.773. The molecular weight excluding hydrogens is 374 g/mol. The maximum Gasteiger partial charge on any atom is 0.411 e. The van der Waals surface area contributed by atoms with E-state index in [4.69, 9.17) is 14.2 Å². The summed E-state index contributed by atoms with van der Waals surface area (Å²) in [6, 6.07) is -0.959. The number of hydrogen-bond donors (Lipinski definition) is 0. The Labute approximate surface area is 174 Å². The third kappa shape index (κ3) is 8.07. The molecular formula is C22H37NO6. The van der Waals surface area contributed by atoms with Gasteiger partial charge in [-0.2, -0.15) is 0 Å². The van der Waals surface area contributed by atoms with Gasteiger partial charge in [-0.25, -0.2) is 9.59 Å². The zero-order valence-electron chi connectivity index (χ0n) is 19.3. The third-order valence-electron chi connectivity index (χ3n) is 4.10. The normalized spacial score (nSPS) is 22.8. The fourth-order valence-corrected chi connectivity index (χ4v) is 3.20. The van der Waals surface area contributed by atoms with Crippen LogP contribution in [-0.4, -0.2) is 52.3 Å². The number of esters is 2. The second-order valence-corrected chi connectivity index (χ2v) is 10.5. The lowest BCUT2D eigenvalue weighted by atomic mass is 9.87. The first kappa shape index (κ1) is 25.0. The Morgan fingerprint density at radius 2 is 1.38 bits per heavy atom. The molecule has 0 spiro atoms. The lowest BCUT2D eigenvalue weighted by molar-refractivity contribution is -0.163. The second kappa shape index (κ2) is 8.76. The van der Waals surface area contributed by atoms with Crippen LogP contribution in [-0.2, 0) is 23.8 Å². The van der Waals surface area contributed by atoms with E-state index in [2.05, 4.69) is 6.58 Å². The molecule has 0 N–H and O–H groups in total. The molecule has 0 aliphatic carbocycles. The summed E-state index contributed by atoms with van der Waals surface area (Å²) >= 11 is 0. The van der Waals surface area contributed by atoms with E-state index in [0.717, 1.165) is 0 Å². The highest BCUT2D eigenvalue weighted by Gasteiger charge is 2.50. The van der Waals surface area contributed by atoms with Crippen LogP contribution in [0.1, 0.15) is 68.7 Å². The summed E-state index contributed by atoms with van der Waals surface area (Å²) in [5, 5.41) is 0. The van der Waals surface area contributed by atoms with Crippen LogP contribution >= 0.6 is 0 Å². The minimum Gasteiger partial charge on any atom is -0.460 e. The van der Waals surface area contributed by atoms with E-state index >= 15 is 0 Å². The second-order valence-electron chi connectivity index (χ2n) is 10.5. The van der Waals surface area contributed by atoms with Crippen LogP contribution in [0.5, 0.6) is 0 Å². The van der Waals surface area contributed by atoms with Crippen molar-refractivity contribution in [1.29, 1.82) is 0 Å². The number of ether oxygens (including phenoxy) is 3. The van der Waals surface area contributed by atoms with Crippen molar-refractivity contribution in [3.63, 3.8) is 0 Å². The molecule has 29 heavy (non-hydrogen) atoms. The predicted octanol–water partition coefficient (Wildman–Crippen LogP) is 4.10. The smallest absolute Gasteiger partial charge is 0.411 e. The van der Waals surface area contributed by atoms with Gasteiger partial charge in [-0.05, 0) is 62.3 Å². The van der Waals surface area contributed by atoms with Crippen LogP contribution in [0.3, 0.4) is 0 Å². The van der Waals surface area contributed by atoms with Crippen molar-refractivity contribution in [1.82, 2.24) is 4.90 Å². The highest BCUT2D eigenvalue weighted by atomic mass is 16.6. The largest absolute Gasteiger partial charge is 0.460 e. The molecule has 0 aromatic heterocycles. The Morgan fingerprint density at radius 3 is 1.79 bits per heavy atom. The van der Waals surface area contributed by atoms with Gasteiger partial charge in [0.2, 0.25) is 0 Å². The third-order valence-corrected chi connectivity index (χ3v) is 4.10. The average Bonchev–Trinajstić information content (AvgIpc) is 2.80. The molecule has 0 bridgehead atoms. The Morgan fingerprint density at radius 1 is 0.897 bits per heavy atom. The first-order valence-electron chi connectivity index (χ1n) is 10.0. The molecule has 1 fully saturated rings. The molecule has 3 atom stereocenters. The van der Waals surface area contributed by atoms with Gasteiger partial charge < -0.3 is 14.2 Å². The van der Waals surface area contributed by atoms with Crippen LogP contribution < -0.4 is 0 Å². The Hall–Kier alpha value is -2.05. The topological polar surface area (TPSA) is 82.1 Å². The van der Waals surface area contributed by atoms with Gasteiger partial charge in [0.15, 0.2) is 0 Å². The highest BCUT2D eigenvalue weighted by Crippen LogP contribution is 2.36. The molecule has 1 aliphatic rings. The summed E-state index contributed by atoms with van der Waals surface area (Å²) in [5.41, 5.74) is -2.10. The molecule has 1 rings (SSSR count). The van der Waals surface area contributed by atoms with E-state index in [-0.39, 0.29) is 18.9 Å². The highest BCUT2D eigenvalue weighted by molar-refractivity contribution is 5.84. The van der Waals surface area contributed by atoms with Crippen molar-refractivity contribution in [3.8, 4) is 0 Å². The maximum atomic E-state index is 13.0. The van der Waals surface area contributed by atoms with Gasteiger partial charge in [-0.15, -0.1) is 6.58 Å². The van der Waals surface area contributed by atoms with Crippen molar-refractivity contribution in [2.45, 2.75) is 91.6 Å². The molecule has 1 amide bonds. The number of hydrogen-bond acceptors (Lipinski definition) is 6. The van der Waals surface area contributed by atoms with Gasteiger partial charge in [0, 0.05) is 18.4 Å². The number of nitrogens with zero attached hydrogens (tertiary/aromatic N) is 1. The molecule has 0 saturated carbocycles. The van der Waals surface area contributed by atoms with Crippen LogP contribution in [0.4, 0.5) is 4.79 Å². The van der Waals surface area contributed by atoms with Crippen molar-refractivity contribution in [2.75, 3.05) is 6.54 Å². The maximum absolute atomic E-state index is 13.0. The van der Waals surface area contributed by atoms with Gasteiger partial charge in [-0.3, -0.25) is 9.69 Å². The van der Waals surface area contributed by atoms with Crippen LogP contribution in [0.2, 0.25) is 0 Å². The summed E-state index contributed by atoms with van der Waals surface area (Å²) in [4.78, 5) is 39.7. The van der Waals surface area contributed by atoms with E-state index in [1.54, 1.807) is 68.4 Å². The van der Waals surface area contributed by atoms with Gasteiger partial charge in [0.25, 0.3) is 0 Å². The first-order valence-corrected chi connectivity index (χ1v) is 10.0. The summed E-state index contributed by atoms with van der Waals surface area (Å²) in [6.07, 6.45) is 1.01. The average molecular weight is 412 g/mol. The van der Waals surface area contributed by atoms with Crippen molar-refractivity contribution in [3.05, 3.63) is 12.7 Å². The lowest BCUT2D eigenvalue weighted by Crippen LogP contribution is -2.48. The Bertz CT molecular complexity index is 635. The predicted molar refractivity (Wildman–Crippen MR) is 110 cm³/mol. The molecule has 7 heteroatoms. The van der Waals surface area contributed by atoms with E-state index in [1.165, 1.54) is 4.90 Å². The Balaban J connectivity index is 3.22. The monoisotopic (exact) mass is 411 g/mol. The molecule has 0 aromatic carbocycles. The number of carbonyl (C=O) groups excluding carboxylic acids is 3. The summed E-state index contributed by atoms with van der Waals surface area (Å²) < 4.78 is 16.5.